The molecule has 33 heavy (non-hydrogen) atoms. The van der Waals surface area contributed by atoms with E-state index in [1.165, 1.54) is 24.6 Å². The maximum Gasteiger partial charge on any atom is 0.244 e. The molecule has 0 radical (unpaired) electrons. The Hall–Kier alpha value is -4.41. The zero-order chi connectivity index (χ0) is 23.2. The fraction of sp³-hybridized carbons (Fsp3) is 0.182. The van der Waals surface area contributed by atoms with Crippen molar-refractivity contribution in [3.8, 4) is 22.9 Å². The molecule has 0 atom stereocenters. The van der Waals surface area contributed by atoms with Crippen molar-refractivity contribution in [2.24, 2.45) is 0 Å². The summed E-state index contributed by atoms with van der Waals surface area (Å²) in [4.78, 5) is 32.0. The van der Waals surface area contributed by atoms with Crippen molar-refractivity contribution in [1.29, 1.82) is 0 Å². The third-order valence-electron chi connectivity index (χ3n) is 4.68. The Labute approximate surface area is 187 Å². The third kappa shape index (κ3) is 5.26. The van der Waals surface area contributed by atoms with Crippen LogP contribution in [-0.2, 0) is 16.1 Å². The number of carbonyl (C=O) groups excluding carboxylic acids is 2. The van der Waals surface area contributed by atoms with Crippen LogP contribution in [0.2, 0.25) is 0 Å². The predicted octanol–water partition coefficient (Wildman–Crippen LogP) is 2.65. The van der Waals surface area contributed by atoms with Crippen LogP contribution in [0.25, 0.3) is 22.9 Å². The number of hydrogen-bond donors (Lipinski definition) is 2. The maximum absolute atomic E-state index is 14.2. The van der Waals surface area contributed by atoms with Crippen LogP contribution in [0, 0.1) is 5.82 Å². The lowest BCUT2D eigenvalue weighted by molar-refractivity contribution is -0.123. The highest BCUT2D eigenvalue weighted by molar-refractivity contribution is 5.93. The normalized spacial score (nSPS) is 10.7. The van der Waals surface area contributed by atoms with Gasteiger partial charge in [-0.1, -0.05) is 30.3 Å². The lowest BCUT2D eigenvalue weighted by Gasteiger charge is -2.07. The molecule has 0 unspecified atom stereocenters. The summed E-state index contributed by atoms with van der Waals surface area (Å²) >= 11 is 0. The first-order chi connectivity index (χ1) is 16.0. The van der Waals surface area contributed by atoms with Gasteiger partial charge in [-0.25, -0.2) is 14.4 Å². The molecule has 168 valence electrons. The fourth-order valence-electron chi connectivity index (χ4n) is 3.03. The largest absolute Gasteiger partial charge is 0.364 e. The monoisotopic (exact) mass is 449 g/mol. The SMILES string of the molecule is CCC(=O)NCC(=O)Nc1ccnc(-c2cc(-c3ccon3)n(Cc3ccccc3F)n2)n1. The first kappa shape index (κ1) is 21.8. The summed E-state index contributed by atoms with van der Waals surface area (Å²) in [6, 6.07) is 11.3. The topological polar surface area (TPSA) is 128 Å². The second-order valence-electron chi connectivity index (χ2n) is 6.99. The number of aromatic nitrogens is 5. The summed E-state index contributed by atoms with van der Waals surface area (Å²) in [6.07, 6.45) is 3.20. The molecule has 4 rings (SSSR count). The summed E-state index contributed by atoms with van der Waals surface area (Å²) in [5.74, 6) is -0.495. The minimum absolute atomic E-state index is 0.155. The molecule has 4 aromatic rings. The van der Waals surface area contributed by atoms with Crippen LogP contribution in [0.3, 0.4) is 0 Å². The molecule has 0 aliphatic rings. The van der Waals surface area contributed by atoms with E-state index >= 15 is 0 Å². The highest BCUT2D eigenvalue weighted by Gasteiger charge is 2.17. The molecular formula is C22H20FN7O3. The average Bonchev–Trinajstić information content (AvgIpc) is 3.49. The lowest BCUT2D eigenvalue weighted by atomic mass is 10.2. The molecule has 0 saturated carbocycles. The van der Waals surface area contributed by atoms with Crippen molar-refractivity contribution >= 4 is 17.6 Å². The number of carbonyl (C=O) groups is 2. The fourth-order valence-corrected chi connectivity index (χ4v) is 3.03. The van der Waals surface area contributed by atoms with Crippen molar-refractivity contribution in [3.63, 3.8) is 0 Å². The molecule has 2 amide bonds. The van der Waals surface area contributed by atoms with E-state index in [2.05, 4.69) is 30.9 Å². The molecule has 0 fully saturated rings. The van der Waals surface area contributed by atoms with Gasteiger partial charge in [-0.05, 0) is 18.2 Å². The van der Waals surface area contributed by atoms with Gasteiger partial charge >= 0.3 is 0 Å². The third-order valence-corrected chi connectivity index (χ3v) is 4.68. The van der Waals surface area contributed by atoms with Gasteiger partial charge in [0.1, 0.15) is 29.3 Å². The summed E-state index contributed by atoms with van der Waals surface area (Å²) in [5.41, 5.74) is 1.95. The molecule has 10 nitrogen and oxygen atoms in total. The van der Waals surface area contributed by atoms with Gasteiger partial charge in [-0.2, -0.15) is 5.10 Å². The minimum atomic E-state index is -0.421. The standard InChI is InChI=1S/C22H20FN7O3/c1-2-20(31)25-12-21(32)26-19-7-9-24-22(27-19)17-11-18(16-8-10-33-29-16)30(28-17)13-14-5-3-4-6-15(14)23/h3-11H,2,12-13H2,1H3,(H,25,31)(H,24,26,27,32). The van der Waals surface area contributed by atoms with Gasteiger partial charge in [0.25, 0.3) is 0 Å². The quantitative estimate of drug-likeness (QED) is 0.423. The molecule has 2 N–H and O–H groups in total. The molecule has 0 bridgehead atoms. The van der Waals surface area contributed by atoms with E-state index in [0.717, 1.165) is 0 Å². The summed E-state index contributed by atoms with van der Waals surface area (Å²) < 4.78 is 20.8. The zero-order valence-electron chi connectivity index (χ0n) is 17.7. The molecule has 11 heteroatoms. The lowest BCUT2D eigenvalue weighted by Crippen LogP contribution is -2.32. The van der Waals surface area contributed by atoms with Gasteiger partial charge < -0.3 is 15.2 Å². The molecule has 0 saturated heterocycles. The summed E-state index contributed by atoms with van der Waals surface area (Å²) in [6.45, 7) is 1.69. The molecule has 1 aromatic carbocycles. The van der Waals surface area contributed by atoms with E-state index in [-0.39, 0.29) is 42.9 Å². The highest BCUT2D eigenvalue weighted by Crippen LogP contribution is 2.25. The number of halogens is 1. The van der Waals surface area contributed by atoms with E-state index in [1.807, 2.05) is 0 Å². The first-order valence-corrected chi connectivity index (χ1v) is 10.2. The zero-order valence-corrected chi connectivity index (χ0v) is 17.7. The van der Waals surface area contributed by atoms with Crippen LogP contribution in [0.15, 0.2) is 59.4 Å². The van der Waals surface area contributed by atoms with Crippen molar-refractivity contribution in [2.75, 3.05) is 11.9 Å². The van der Waals surface area contributed by atoms with E-state index in [1.54, 1.807) is 41.9 Å². The number of amides is 2. The van der Waals surface area contributed by atoms with E-state index in [9.17, 15) is 14.0 Å². The maximum atomic E-state index is 14.2. The number of anilines is 1. The van der Waals surface area contributed by atoms with Crippen molar-refractivity contribution in [2.45, 2.75) is 19.9 Å². The Kier molecular flexibility index (Phi) is 6.48. The number of nitrogens with zero attached hydrogens (tertiary/aromatic N) is 5. The van der Waals surface area contributed by atoms with Gasteiger partial charge in [0.2, 0.25) is 11.8 Å². The van der Waals surface area contributed by atoms with Crippen LogP contribution in [0.1, 0.15) is 18.9 Å². The molecule has 3 aromatic heterocycles. The van der Waals surface area contributed by atoms with E-state index in [0.29, 0.717) is 22.6 Å². The van der Waals surface area contributed by atoms with Gasteiger partial charge in [0, 0.05) is 24.2 Å². The Bertz CT molecular complexity index is 1270. The number of nitrogens with one attached hydrogen (secondary N) is 2. The average molecular weight is 449 g/mol. The van der Waals surface area contributed by atoms with Crippen LogP contribution in [0.5, 0.6) is 0 Å². The van der Waals surface area contributed by atoms with Crippen LogP contribution in [-0.4, -0.2) is 43.3 Å². The van der Waals surface area contributed by atoms with Crippen molar-refractivity contribution in [1.82, 2.24) is 30.2 Å². The van der Waals surface area contributed by atoms with Gasteiger partial charge in [-0.15, -0.1) is 0 Å². The van der Waals surface area contributed by atoms with Crippen molar-refractivity contribution in [3.05, 3.63) is 66.3 Å². The Morgan fingerprint density at radius 2 is 1.97 bits per heavy atom. The first-order valence-electron chi connectivity index (χ1n) is 10.2. The highest BCUT2D eigenvalue weighted by atomic mass is 19.1. The molecule has 0 spiro atoms. The predicted molar refractivity (Wildman–Crippen MR) is 116 cm³/mol. The Morgan fingerprint density at radius 3 is 2.73 bits per heavy atom. The second-order valence-corrected chi connectivity index (χ2v) is 6.99. The smallest absolute Gasteiger partial charge is 0.244 e. The second kappa shape index (κ2) is 9.81. The molecule has 0 aliphatic heterocycles. The van der Waals surface area contributed by atoms with E-state index < -0.39 is 5.91 Å². The van der Waals surface area contributed by atoms with Gasteiger partial charge in [0.15, 0.2) is 5.82 Å². The number of rotatable bonds is 8. The van der Waals surface area contributed by atoms with Crippen LogP contribution < -0.4 is 10.6 Å². The Morgan fingerprint density at radius 1 is 1.12 bits per heavy atom. The summed E-state index contributed by atoms with van der Waals surface area (Å²) in [5, 5.41) is 13.6. The van der Waals surface area contributed by atoms with Crippen molar-refractivity contribution < 1.29 is 18.5 Å². The Balaban J connectivity index is 1.60. The molecule has 3 heterocycles. The molecule has 0 aliphatic carbocycles. The minimum Gasteiger partial charge on any atom is -0.364 e. The molecular weight excluding hydrogens is 429 g/mol. The van der Waals surface area contributed by atoms with E-state index in [4.69, 9.17) is 4.52 Å². The van der Waals surface area contributed by atoms with Gasteiger partial charge in [0.05, 0.1) is 18.8 Å². The number of hydrogen-bond acceptors (Lipinski definition) is 7. The summed E-state index contributed by atoms with van der Waals surface area (Å²) in [7, 11) is 0. The van der Waals surface area contributed by atoms with Crippen LogP contribution in [0.4, 0.5) is 10.2 Å². The van der Waals surface area contributed by atoms with Gasteiger partial charge in [-0.3, -0.25) is 14.3 Å². The van der Waals surface area contributed by atoms with Crippen LogP contribution >= 0.6 is 0 Å². The number of benzene rings is 1.